The van der Waals surface area contributed by atoms with Gasteiger partial charge in [0.05, 0.1) is 17.9 Å². The topological polar surface area (TPSA) is 109 Å². The highest BCUT2D eigenvalue weighted by atomic mass is 16.5. The summed E-state index contributed by atoms with van der Waals surface area (Å²) in [6.45, 7) is 5.07. The molecule has 3 aromatic rings. The van der Waals surface area contributed by atoms with Gasteiger partial charge in [-0.3, -0.25) is 10.1 Å². The number of benzene rings is 1. The van der Waals surface area contributed by atoms with Gasteiger partial charge in [0.1, 0.15) is 0 Å². The van der Waals surface area contributed by atoms with Crippen LogP contribution in [0.4, 0.5) is 10.7 Å². The van der Waals surface area contributed by atoms with Crippen LogP contribution in [0.3, 0.4) is 0 Å². The van der Waals surface area contributed by atoms with E-state index in [1.807, 2.05) is 43.0 Å². The molecule has 150 valence electrons. The maximum atomic E-state index is 12.8. The molecule has 0 saturated carbocycles. The Hall–Kier alpha value is -3.46. The summed E-state index contributed by atoms with van der Waals surface area (Å²) in [4.78, 5) is 29.6. The molecule has 0 bridgehead atoms. The van der Waals surface area contributed by atoms with E-state index < -0.39 is 6.09 Å². The van der Waals surface area contributed by atoms with Crippen molar-refractivity contribution in [1.82, 2.24) is 19.5 Å². The number of carboxylic acid groups (broad SMARTS) is 1. The molecule has 1 aliphatic heterocycles. The van der Waals surface area contributed by atoms with Crippen LogP contribution in [0.15, 0.2) is 42.5 Å². The Balaban J connectivity index is 1.60. The normalized spacial score (nSPS) is 19.3. The number of morpholine rings is 1. The van der Waals surface area contributed by atoms with Crippen molar-refractivity contribution < 1.29 is 19.4 Å². The summed E-state index contributed by atoms with van der Waals surface area (Å²) < 4.78 is 7.26. The van der Waals surface area contributed by atoms with Gasteiger partial charge in [0.25, 0.3) is 11.9 Å². The van der Waals surface area contributed by atoms with Gasteiger partial charge in [-0.05, 0) is 38.1 Å². The van der Waals surface area contributed by atoms with Crippen molar-refractivity contribution in [3.8, 4) is 11.3 Å². The number of carbonyl (C=O) groups excluding carboxylic acids is 1. The molecule has 2 N–H and O–H groups in total. The maximum Gasteiger partial charge on any atom is 0.411 e. The lowest BCUT2D eigenvalue weighted by atomic mass is 10.1. The van der Waals surface area contributed by atoms with Gasteiger partial charge in [0.15, 0.2) is 5.65 Å². The molecule has 2 atom stereocenters. The summed E-state index contributed by atoms with van der Waals surface area (Å²) in [6.07, 6.45) is -1.20. The van der Waals surface area contributed by atoms with Gasteiger partial charge >= 0.3 is 6.09 Å². The number of pyridine rings is 1. The molecule has 0 spiro atoms. The van der Waals surface area contributed by atoms with Gasteiger partial charge in [-0.1, -0.05) is 18.2 Å². The molecule has 9 nitrogen and oxygen atoms in total. The van der Waals surface area contributed by atoms with Crippen molar-refractivity contribution in [1.29, 1.82) is 0 Å². The summed E-state index contributed by atoms with van der Waals surface area (Å²) in [6, 6.07) is 12.7. The van der Waals surface area contributed by atoms with Crippen molar-refractivity contribution in [2.24, 2.45) is 0 Å². The second-order valence-electron chi connectivity index (χ2n) is 7.09. The van der Waals surface area contributed by atoms with Crippen molar-refractivity contribution in [3.05, 3.63) is 48.0 Å². The molecule has 1 fully saturated rings. The summed E-state index contributed by atoms with van der Waals surface area (Å²) in [5.41, 5.74) is 2.69. The van der Waals surface area contributed by atoms with E-state index in [1.165, 1.54) is 0 Å². The largest absolute Gasteiger partial charge is 0.465 e. The lowest BCUT2D eigenvalue weighted by Gasteiger charge is -2.35. The first kappa shape index (κ1) is 18.9. The summed E-state index contributed by atoms with van der Waals surface area (Å²) >= 11 is 0. The number of carbonyl (C=O) groups is 2. The number of hydrogen-bond donors (Lipinski definition) is 2. The fourth-order valence-corrected chi connectivity index (χ4v) is 3.58. The average molecular weight is 395 g/mol. The Bertz CT molecular complexity index is 1050. The summed E-state index contributed by atoms with van der Waals surface area (Å²) in [7, 11) is 0. The smallest absolute Gasteiger partial charge is 0.411 e. The van der Waals surface area contributed by atoms with E-state index in [4.69, 9.17) is 9.84 Å². The van der Waals surface area contributed by atoms with E-state index >= 15 is 0 Å². The molecule has 1 aromatic carbocycles. The first-order valence-corrected chi connectivity index (χ1v) is 9.31. The van der Waals surface area contributed by atoms with E-state index in [2.05, 4.69) is 15.4 Å². The van der Waals surface area contributed by atoms with Crippen molar-refractivity contribution in [2.45, 2.75) is 26.1 Å². The van der Waals surface area contributed by atoms with Crippen LogP contribution in [0.2, 0.25) is 0 Å². The van der Waals surface area contributed by atoms with Gasteiger partial charge in [-0.2, -0.15) is 4.98 Å². The molecule has 3 heterocycles. The van der Waals surface area contributed by atoms with Gasteiger partial charge in [-0.25, -0.2) is 9.31 Å². The number of aromatic nitrogens is 3. The lowest BCUT2D eigenvalue weighted by Crippen LogP contribution is -2.48. The Morgan fingerprint density at radius 2 is 1.79 bits per heavy atom. The molecule has 4 rings (SSSR count). The van der Waals surface area contributed by atoms with Crippen molar-refractivity contribution in [3.63, 3.8) is 0 Å². The number of anilines is 1. The molecule has 0 aliphatic carbocycles. The minimum atomic E-state index is -1.22. The minimum Gasteiger partial charge on any atom is -0.465 e. The highest BCUT2D eigenvalue weighted by molar-refractivity contribution is 5.94. The molecule has 9 heteroatoms. The number of rotatable bonds is 3. The van der Waals surface area contributed by atoms with Crippen molar-refractivity contribution >= 4 is 23.6 Å². The Kier molecular flexibility index (Phi) is 4.89. The average Bonchev–Trinajstić information content (AvgIpc) is 3.08. The van der Waals surface area contributed by atoms with Gasteiger partial charge < -0.3 is 14.7 Å². The van der Waals surface area contributed by atoms with E-state index in [0.29, 0.717) is 24.3 Å². The Morgan fingerprint density at radius 3 is 2.45 bits per heavy atom. The quantitative estimate of drug-likeness (QED) is 0.706. The molecule has 29 heavy (non-hydrogen) atoms. The minimum absolute atomic E-state index is 0.00676. The number of fused-ring (bicyclic) bond motifs is 1. The summed E-state index contributed by atoms with van der Waals surface area (Å²) in [5.74, 6) is -0.0160. The number of hydrogen-bond acceptors (Lipinski definition) is 5. The van der Waals surface area contributed by atoms with E-state index in [9.17, 15) is 9.59 Å². The monoisotopic (exact) mass is 395 g/mol. The fraction of sp³-hybridized carbons (Fsp3) is 0.300. The van der Waals surface area contributed by atoms with Gasteiger partial charge in [0, 0.05) is 24.2 Å². The van der Waals surface area contributed by atoms with Crippen LogP contribution in [0.5, 0.6) is 0 Å². The van der Waals surface area contributed by atoms with Crippen LogP contribution in [0.1, 0.15) is 24.2 Å². The molecule has 0 radical (unpaired) electrons. The van der Waals surface area contributed by atoms with Crippen LogP contribution in [-0.4, -0.2) is 61.9 Å². The third-order valence-corrected chi connectivity index (χ3v) is 4.71. The van der Waals surface area contributed by atoms with E-state index in [-0.39, 0.29) is 24.1 Å². The molecule has 2 aromatic heterocycles. The van der Waals surface area contributed by atoms with Crippen LogP contribution in [-0.2, 0) is 4.74 Å². The fourth-order valence-electron chi connectivity index (χ4n) is 3.58. The Labute approximate surface area is 166 Å². The molecular weight excluding hydrogens is 374 g/mol. The number of amides is 2. The second-order valence-corrected chi connectivity index (χ2v) is 7.09. The van der Waals surface area contributed by atoms with E-state index in [1.54, 1.807) is 22.7 Å². The van der Waals surface area contributed by atoms with Gasteiger partial charge in [-0.15, -0.1) is 5.10 Å². The van der Waals surface area contributed by atoms with Crippen LogP contribution in [0.25, 0.3) is 16.9 Å². The van der Waals surface area contributed by atoms with E-state index in [0.717, 1.165) is 11.3 Å². The third-order valence-electron chi connectivity index (χ3n) is 4.71. The number of nitrogens with one attached hydrogen (secondary N) is 1. The summed E-state index contributed by atoms with van der Waals surface area (Å²) in [5, 5.41) is 15.2. The molecule has 2 unspecified atom stereocenters. The van der Waals surface area contributed by atoms with Crippen molar-refractivity contribution in [2.75, 3.05) is 18.4 Å². The SMILES string of the molecule is CC1CN(C(=O)c2ccc(-c3cccc4nc(NC(=O)O)nn34)cc2)CC(C)O1. The number of nitrogens with zero attached hydrogens (tertiary/aromatic N) is 4. The maximum absolute atomic E-state index is 12.8. The predicted molar refractivity (Wildman–Crippen MR) is 106 cm³/mol. The first-order valence-electron chi connectivity index (χ1n) is 9.31. The zero-order valence-corrected chi connectivity index (χ0v) is 16.1. The third kappa shape index (κ3) is 3.90. The highest BCUT2D eigenvalue weighted by Crippen LogP contribution is 2.22. The highest BCUT2D eigenvalue weighted by Gasteiger charge is 2.26. The second kappa shape index (κ2) is 7.51. The lowest BCUT2D eigenvalue weighted by molar-refractivity contribution is -0.0586. The standard InChI is InChI=1S/C20H21N5O4/c1-12-10-24(11-13(2)29-12)18(26)15-8-6-14(7-9-15)16-4-3-5-17-21-19(22-20(27)28)23-25(16)17/h3-9,12-13H,10-11H2,1-2H3,(H,22,23)(H,27,28). The molecule has 2 amide bonds. The van der Waals surface area contributed by atoms with Crippen LogP contribution >= 0.6 is 0 Å². The first-order chi connectivity index (χ1) is 13.9. The predicted octanol–water partition coefficient (Wildman–Crippen LogP) is 2.74. The van der Waals surface area contributed by atoms with Crippen LogP contribution in [0, 0.1) is 0 Å². The molecule has 1 saturated heterocycles. The zero-order valence-electron chi connectivity index (χ0n) is 16.1. The molecule has 1 aliphatic rings. The van der Waals surface area contributed by atoms with Crippen LogP contribution < -0.4 is 5.32 Å². The molecular formula is C20H21N5O4. The number of ether oxygens (including phenoxy) is 1. The zero-order chi connectivity index (χ0) is 20.5. The van der Waals surface area contributed by atoms with Gasteiger partial charge in [0.2, 0.25) is 0 Å². The Morgan fingerprint density at radius 1 is 1.10 bits per heavy atom.